The van der Waals surface area contributed by atoms with Gasteiger partial charge in [0.25, 0.3) is 0 Å². The molecular weight excluding hydrogens is 302 g/mol. The lowest BCUT2D eigenvalue weighted by molar-refractivity contribution is 0.814. The van der Waals surface area contributed by atoms with Gasteiger partial charge in [-0.3, -0.25) is 0 Å². The Bertz CT molecular complexity index is 175. The van der Waals surface area contributed by atoms with Crippen molar-refractivity contribution in [3.05, 3.63) is 0 Å². The van der Waals surface area contributed by atoms with Crippen LogP contribution in [-0.4, -0.2) is 51.3 Å². The molecule has 0 N–H and O–H groups in total. The van der Waals surface area contributed by atoms with Gasteiger partial charge in [-0.2, -0.15) is 0 Å². The molecule has 0 saturated carbocycles. The molecule has 22 heavy (non-hydrogen) atoms. The van der Waals surface area contributed by atoms with Crippen LogP contribution in [0.1, 0.15) is 79.1 Å². The van der Waals surface area contributed by atoms with Crippen molar-refractivity contribution in [2.45, 2.75) is 79.1 Å². The third-order valence-electron chi connectivity index (χ3n) is 3.94. The fraction of sp³-hybridized carbons (Fsp3) is 1.00. The van der Waals surface area contributed by atoms with Crippen molar-refractivity contribution in [2.24, 2.45) is 0 Å². The Labute approximate surface area is 145 Å². The molecule has 0 spiro atoms. The van der Waals surface area contributed by atoms with E-state index < -0.39 is 7.26 Å². The van der Waals surface area contributed by atoms with Crippen molar-refractivity contribution in [1.82, 2.24) is 0 Å². The summed E-state index contributed by atoms with van der Waals surface area (Å²) in [5.74, 6) is 0. The van der Waals surface area contributed by atoms with Crippen LogP contribution >= 0.6 is 14.5 Å². The first-order valence-electron chi connectivity index (χ1n) is 9.88. The summed E-state index contributed by atoms with van der Waals surface area (Å²) in [7, 11) is -0.951. The van der Waals surface area contributed by atoms with Crippen LogP contribution in [0.15, 0.2) is 0 Å². The molecule has 0 unspecified atom stereocenters. The van der Waals surface area contributed by atoms with Gasteiger partial charge in [-0.1, -0.05) is 53.4 Å². The van der Waals surface area contributed by atoms with Gasteiger partial charge in [0.2, 0.25) is 0 Å². The first-order valence-corrected chi connectivity index (χ1v) is 16.0. The molecule has 136 valence electrons. The second-order valence-electron chi connectivity index (χ2n) is 8.33. The molecule has 0 rings (SSSR count). The minimum absolute atomic E-state index is 0.389. The molecule has 0 aliphatic heterocycles. The molecule has 2 heteroatoms. The third-order valence-corrected chi connectivity index (χ3v) is 9.00. The quantitative estimate of drug-likeness (QED) is 0.316. The van der Waals surface area contributed by atoms with Crippen LogP contribution in [0.2, 0.25) is 0 Å². The molecule has 0 heterocycles. The summed E-state index contributed by atoms with van der Waals surface area (Å²) in [6.45, 7) is 18.6. The highest BCUT2D eigenvalue weighted by atomic mass is 31.2. The van der Waals surface area contributed by atoms with Gasteiger partial charge in [0.05, 0.1) is 24.6 Å². The SMILES string of the molecule is CCCC[P+](CCCC)(CCCC)CCCC.C[P+](C)(C)C. The number of hydrogen-bond acceptors (Lipinski definition) is 0. The van der Waals surface area contributed by atoms with Gasteiger partial charge in [0.1, 0.15) is 0 Å². The van der Waals surface area contributed by atoms with Crippen molar-refractivity contribution in [3.8, 4) is 0 Å². The van der Waals surface area contributed by atoms with E-state index >= 15 is 0 Å². The maximum Gasteiger partial charge on any atom is 0.0594 e. The van der Waals surface area contributed by atoms with Gasteiger partial charge >= 0.3 is 0 Å². The van der Waals surface area contributed by atoms with E-state index in [0.29, 0.717) is 0 Å². The zero-order valence-electron chi connectivity index (χ0n) is 17.4. The van der Waals surface area contributed by atoms with Crippen molar-refractivity contribution in [3.63, 3.8) is 0 Å². The van der Waals surface area contributed by atoms with Crippen LogP contribution in [0.4, 0.5) is 0 Å². The van der Waals surface area contributed by atoms with E-state index in [1.54, 1.807) is 24.6 Å². The van der Waals surface area contributed by atoms with E-state index in [1.807, 2.05) is 0 Å². The molecule has 0 aromatic rings. The van der Waals surface area contributed by atoms with E-state index in [0.717, 1.165) is 0 Å². The Morgan fingerprint density at radius 2 is 0.636 bits per heavy atom. The average molecular weight is 351 g/mol. The molecule has 0 aromatic heterocycles. The van der Waals surface area contributed by atoms with Crippen molar-refractivity contribution in [1.29, 1.82) is 0 Å². The van der Waals surface area contributed by atoms with Gasteiger partial charge in [-0.15, -0.1) is 0 Å². The molecule has 0 bridgehead atoms. The van der Waals surface area contributed by atoms with E-state index in [2.05, 4.69) is 54.4 Å². The standard InChI is InChI=1S/C16H36P.C4H12P/c1-5-9-13-17(14-10-6-2,15-11-7-3)16-12-8-4;1-5(2,3)4/h5-16H2,1-4H3;1-4H3/q2*+1. The Kier molecular flexibility index (Phi) is 17.6. The Morgan fingerprint density at radius 3 is 0.773 bits per heavy atom. The third kappa shape index (κ3) is 18.9. The molecule has 0 atom stereocenters. The zero-order valence-corrected chi connectivity index (χ0v) is 19.2. The lowest BCUT2D eigenvalue weighted by Crippen LogP contribution is -2.12. The fourth-order valence-corrected chi connectivity index (χ4v) is 7.93. The predicted molar refractivity (Wildman–Crippen MR) is 117 cm³/mol. The largest absolute Gasteiger partial charge is 0.0652 e. The smallest absolute Gasteiger partial charge is 0.0594 e. The number of unbranched alkanes of at least 4 members (excludes halogenated alkanes) is 4. The fourth-order valence-electron chi connectivity index (χ4n) is 2.64. The lowest BCUT2D eigenvalue weighted by atomic mass is 10.4. The summed E-state index contributed by atoms with van der Waals surface area (Å²) in [5, 5.41) is 0. The second kappa shape index (κ2) is 15.4. The van der Waals surface area contributed by atoms with Crippen molar-refractivity contribution >= 4 is 14.5 Å². The first-order chi connectivity index (χ1) is 10.2. The van der Waals surface area contributed by atoms with Crippen LogP contribution < -0.4 is 0 Å². The molecule has 0 aromatic carbocycles. The highest BCUT2D eigenvalue weighted by molar-refractivity contribution is 7.75. The Balaban J connectivity index is 0. The van der Waals surface area contributed by atoms with E-state index in [1.165, 1.54) is 51.4 Å². The molecule has 0 radical (unpaired) electrons. The minimum atomic E-state index is -0.562. The first kappa shape index (κ1) is 25.1. The Morgan fingerprint density at radius 1 is 0.455 bits per heavy atom. The molecule has 0 amide bonds. The average Bonchev–Trinajstić information content (AvgIpc) is 2.44. The minimum Gasteiger partial charge on any atom is -0.0652 e. The van der Waals surface area contributed by atoms with Gasteiger partial charge in [0.15, 0.2) is 0 Å². The van der Waals surface area contributed by atoms with E-state index in [4.69, 9.17) is 0 Å². The van der Waals surface area contributed by atoms with Gasteiger partial charge < -0.3 is 0 Å². The number of rotatable bonds is 12. The summed E-state index contributed by atoms with van der Waals surface area (Å²) in [4.78, 5) is 0. The van der Waals surface area contributed by atoms with E-state index in [9.17, 15) is 0 Å². The monoisotopic (exact) mass is 350 g/mol. The maximum absolute atomic E-state index is 2.36. The Hall–Kier alpha value is 0.860. The maximum atomic E-state index is 2.36. The highest BCUT2D eigenvalue weighted by Gasteiger charge is 2.34. The summed E-state index contributed by atoms with van der Waals surface area (Å²) in [5.41, 5.74) is 0. The summed E-state index contributed by atoms with van der Waals surface area (Å²) < 4.78 is 0. The highest BCUT2D eigenvalue weighted by Crippen LogP contribution is 2.61. The molecule has 0 aliphatic rings. The van der Waals surface area contributed by atoms with Crippen LogP contribution in [0.25, 0.3) is 0 Å². The zero-order chi connectivity index (χ0) is 17.5. The van der Waals surface area contributed by atoms with Gasteiger partial charge in [-0.25, -0.2) is 0 Å². The molecular formula is C20H48P2+2. The van der Waals surface area contributed by atoms with E-state index in [-0.39, 0.29) is 7.26 Å². The van der Waals surface area contributed by atoms with Crippen LogP contribution in [0, 0.1) is 0 Å². The van der Waals surface area contributed by atoms with Crippen LogP contribution in [0.5, 0.6) is 0 Å². The van der Waals surface area contributed by atoms with Gasteiger partial charge in [0, 0.05) is 41.2 Å². The van der Waals surface area contributed by atoms with Crippen molar-refractivity contribution in [2.75, 3.05) is 51.3 Å². The molecule has 0 nitrogen and oxygen atoms in total. The normalized spacial score (nSPS) is 12.0. The number of hydrogen-bond donors (Lipinski definition) is 0. The second-order valence-corrected chi connectivity index (χ2v) is 18.2. The van der Waals surface area contributed by atoms with Gasteiger partial charge in [-0.05, 0) is 25.7 Å². The summed E-state index contributed by atoms with van der Waals surface area (Å²) in [6, 6.07) is 0. The molecule has 0 aliphatic carbocycles. The van der Waals surface area contributed by atoms with Crippen LogP contribution in [0.3, 0.4) is 0 Å². The summed E-state index contributed by atoms with van der Waals surface area (Å²) >= 11 is 0. The summed E-state index contributed by atoms with van der Waals surface area (Å²) in [6.07, 6.45) is 17.9. The van der Waals surface area contributed by atoms with Crippen molar-refractivity contribution < 1.29 is 0 Å². The van der Waals surface area contributed by atoms with Crippen LogP contribution in [-0.2, 0) is 0 Å². The topological polar surface area (TPSA) is 0 Å². The molecule has 0 saturated heterocycles. The molecule has 0 fully saturated rings. The lowest BCUT2D eigenvalue weighted by Gasteiger charge is -2.28. The predicted octanol–water partition coefficient (Wildman–Crippen LogP) is 7.73.